The first-order chi connectivity index (χ1) is 8.72. The van der Waals surface area contributed by atoms with Gasteiger partial charge in [0.2, 0.25) is 0 Å². The summed E-state index contributed by atoms with van der Waals surface area (Å²) >= 11 is 0. The SMILES string of the molecule is CC(C)c1ccc2nc(CC3CCNC3)[nH]c2c1. The van der Waals surface area contributed by atoms with E-state index in [-0.39, 0.29) is 0 Å². The van der Waals surface area contributed by atoms with E-state index in [1.54, 1.807) is 0 Å². The fourth-order valence-corrected chi connectivity index (χ4v) is 2.70. The second-order valence-electron chi connectivity index (χ2n) is 5.68. The van der Waals surface area contributed by atoms with Gasteiger partial charge in [0, 0.05) is 6.42 Å². The van der Waals surface area contributed by atoms with E-state index in [9.17, 15) is 0 Å². The van der Waals surface area contributed by atoms with Gasteiger partial charge in [0.25, 0.3) is 0 Å². The van der Waals surface area contributed by atoms with Crippen LogP contribution in [-0.4, -0.2) is 23.1 Å². The zero-order valence-electron chi connectivity index (χ0n) is 11.2. The highest BCUT2D eigenvalue weighted by atomic mass is 14.9. The molecule has 1 fully saturated rings. The molecular weight excluding hydrogens is 222 g/mol. The average Bonchev–Trinajstić information content (AvgIpc) is 2.96. The standard InChI is InChI=1S/C15H21N3/c1-10(2)12-3-4-13-14(8-12)18-15(17-13)7-11-5-6-16-9-11/h3-4,8,10-11,16H,5-7,9H2,1-2H3,(H,17,18). The van der Waals surface area contributed by atoms with Crippen LogP contribution in [0.1, 0.15) is 37.6 Å². The molecule has 3 heteroatoms. The Morgan fingerprint density at radius 3 is 3.00 bits per heavy atom. The lowest BCUT2D eigenvalue weighted by Gasteiger charge is -2.04. The third-order valence-corrected chi connectivity index (χ3v) is 3.87. The molecule has 2 aromatic rings. The number of nitrogens with one attached hydrogen (secondary N) is 2. The highest BCUT2D eigenvalue weighted by Gasteiger charge is 2.16. The fourth-order valence-electron chi connectivity index (χ4n) is 2.70. The molecule has 0 radical (unpaired) electrons. The highest BCUT2D eigenvalue weighted by molar-refractivity contribution is 5.76. The number of nitrogens with zero attached hydrogens (tertiary/aromatic N) is 1. The first-order valence-corrected chi connectivity index (χ1v) is 6.91. The summed E-state index contributed by atoms with van der Waals surface area (Å²) in [5, 5.41) is 3.41. The molecule has 0 saturated carbocycles. The van der Waals surface area contributed by atoms with Crippen molar-refractivity contribution in [3.8, 4) is 0 Å². The molecule has 1 aliphatic heterocycles. The van der Waals surface area contributed by atoms with E-state index < -0.39 is 0 Å². The molecule has 0 spiro atoms. The van der Waals surface area contributed by atoms with Gasteiger partial charge in [0.1, 0.15) is 5.82 Å². The van der Waals surface area contributed by atoms with Gasteiger partial charge in [-0.25, -0.2) is 4.98 Å². The molecule has 1 aromatic carbocycles. The number of aromatic amines is 1. The van der Waals surface area contributed by atoms with Gasteiger partial charge in [-0.15, -0.1) is 0 Å². The molecule has 0 aliphatic carbocycles. The number of fused-ring (bicyclic) bond motifs is 1. The Hall–Kier alpha value is -1.35. The van der Waals surface area contributed by atoms with Crippen LogP contribution in [-0.2, 0) is 6.42 Å². The number of hydrogen-bond donors (Lipinski definition) is 2. The fraction of sp³-hybridized carbons (Fsp3) is 0.533. The highest BCUT2D eigenvalue weighted by Crippen LogP contribution is 2.21. The predicted molar refractivity (Wildman–Crippen MR) is 74.9 cm³/mol. The number of H-pyrrole nitrogens is 1. The third kappa shape index (κ3) is 2.27. The molecule has 1 aromatic heterocycles. The van der Waals surface area contributed by atoms with E-state index in [0.29, 0.717) is 5.92 Å². The summed E-state index contributed by atoms with van der Waals surface area (Å²) in [6, 6.07) is 6.57. The van der Waals surface area contributed by atoms with Crippen LogP contribution in [0.4, 0.5) is 0 Å². The van der Waals surface area contributed by atoms with E-state index in [2.05, 4.69) is 42.3 Å². The van der Waals surface area contributed by atoms with Crippen molar-refractivity contribution in [2.75, 3.05) is 13.1 Å². The van der Waals surface area contributed by atoms with E-state index >= 15 is 0 Å². The van der Waals surface area contributed by atoms with Crippen LogP contribution in [0.2, 0.25) is 0 Å². The average molecular weight is 243 g/mol. The normalized spacial score (nSPS) is 20.1. The maximum Gasteiger partial charge on any atom is 0.107 e. The van der Waals surface area contributed by atoms with Crippen LogP contribution >= 0.6 is 0 Å². The second kappa shape index (κ2) is 4.73. The van der Waals surface area contributed by atoms with Gasteiger partial charge in [-0.2, -0.15) is 0 Å². The molecule has 96 valence electrons. The Kier molecular flexibility index (Phi) is 3.08. The molecule has 3 nitrogen and oxygen atoms in total. The molecular formula is C15H21N3. The van der Waals surface area contributed by atoms with Crippen molar-refractivity contribution in [2.45, 2.75) is 32.6 Å². The molecule has 1 unspecified atom stereocenters. The Bertz CT molecular complexity index is 536. The van der Waals surface area contributed by atoms with Gasteiger partial charge in [-0.3, -0.25) is 0 Å². The van der Waals surface area contributed by atoms with Crippen molar-refractivity contribution >= 4 is 11.0 Å². The van der Waals surface area contributed by atoms with Crippen LogP contribution < -0.4 is 5.32 Å². The van der Waals surface area contributed by atoms with Crippen LogP contribution in [0.5, 0.6) is 0 Å². The third-order valence-electron chi connectivity index (χ3n) is 3.87. The number of imidazole rings is 1. The summed E-state index contributed by atoms with van der Waals surface area (Å²) in [5.41, 5.74) is 3.66. The largest absolute Gasteiger partial charge is 0.342 e. The Balaban J connectivity index is 1.85. The van der Waals surface area contributed by atoms with Crippen molar-refractivity contribution in [3.63, 3.8) is 0 Å². The Morgan fingerprint density at radius 1 is 1.39 bits per heavy atom. The predicted octanol–water partition coefficient (Wildman–Crippen LogP) is 2.84. The van der Waals surface area contributed by atoms with Crippen molar-refractivity contribution in [3.05, 3.63) is 29.6 Å². The smallest absolute Gasteiger partial charge is 0.107 e. The minimum absolute atomic E-state index is 0.570. The first kappa shape index (κ1) is 11.7. The lowest BCUT2D eigenvalue weighted by molar-refractivity contribution is 0.565. The van der Waals surface area contributed by atoms with E-state index in [1.165, 1.54) is 17.5 Å². The molecule has 1 saturated heterocycles. The number of benzene rings is 1. The van der Waals surface area contributed by atoms with Crippen LogP contribution in [0.3, 0.4) is 0 Å². The monoisotopic (exact) mass is 243 g/mol. The van der Waals surface area contributed by atoms with E-state index in [0.717, 1.165) is 36.8 Å². The summed E-state index contributed by atoms with van der Waals surface area (Å²) in [6.45, 7) is 6.74. The van der Waals surface area contributed by atoms with Crippen LogP contribution in [0, 0.1) is 5.92 Å². The van der Waals surface area contributed by atoms with Crippen LogP contribution in [0.15, 0.2) is 18.2 Å². The molecule has 1 atom stereocenters. The summed E-state index contributed by atoms with van der Waals surface area (Å²) in [4.78, 5) is 8.17. The molecule has 3 rings (SSSR count). The molecule has 2 heterocycles. The lowest BCUT2D eigenvalue weighted by atomic mass is 10.0. The van der Waals surface area contributed by atoms with Crippen molar-refractivity contribution in [1.82, 2.24) is 15.3 Å². The topological polar surface area (TPSA) is 40.7 Å². The molecule has 0 amide bonds. The van der Waals surface area contributed by atoms with Gasteiger partial charge >= 0.3 is 0 Å². The van der Waals surface area contributed by atoms with Crippen molar-refractivity contribution in [1.29, 1.82) is 0 Å². The maximum atomic E-state index is 4.69. The minimum Gasteiger partial charge on any atom is -0.342 e. The first-order valence-electron chi connectivity index (χ1n) is 6.91. The van der Waals surface area contributed by atoms with E-state index in [1.807, 2.05) is 0 Å². The summed E-state index contributed by atoms with van der Waals surface area (Å²) in [7, 11) is 0. The second-order valence-corrected chi connectivity index (χ2v) is 5.68. The van der Waals surface area contributed by atoms with Crippen LogP contribution in [0.25, 0.3) is 11.0 Å². The van der Waals surface area contributed by atoms with Gasteiger partial charge < -0.3 is 10.3 Å². The summed E-state index contributed by atoms with van der Waals surface area (Å²) in [5.74, 6) is 2.45. The summed E-state index contributed by atoms with van der Waals surface area (Å²) in [6.07, 6.45) is 2.34. The van der Waals surface area contributed by atoms with Crippen molar-refractivity contribution < 1.29 is 0 Å². The quantitative estimate of drug-likeness (QED) is 0.870. The number of hydrogen-bond acceptors (Lipinski definition) is 2. The lowest BCUT2D eigenvalue weighted by Crippen LogP contribution is -2.11. The van der Waals surface area contributed by atoms with Crippen molar-refractivity contribution in [2.24, 2.45) is 5.92 Å². The zero-order chi connectivity index (χ0) is 12.5. The minimum atomic E-state index is 0.570. The number of aromatic nitrogens is 2. The molecule has 1 aliphatic rings. The Labute approximate surface area is 108 Å². The molecule has 0 bridgehead atoms. The Morgan fingerprint density at radius 2 is 2.28 bits per heavy atom. The summed E-state index contributed by atoms with van der Waals surface area (Å²) < 4.78 is 0. The number of rotatable bonds is 3. The molecule has 2 N–H and O–H groups in total. The molecule has 18 heavy (non-hydrogen) atoms. The van der Waals surface area contributed by atoms with Gasteiger partial charge in [-0.05, 0) is 49.0 Å². The van der Waals surface area contributed by atoms with Gasteiger partial charge in [0.15, 0.2) is 0 Å². The van der Waals surface area contributed by atoms with Gasteiger partial charge in [-0.1, -0.05) is 19.9 Å². The van der Waals surface area contributed by atoms with E-state index in [4.69, 9.17) is 4.98 Å². The maximum absolute atomic E-state index is 4.69. The van der Waals surface area contributed by atoms with Gasteiger partial charge in [0.05, 0.1) is 11.0 Å². The zero-order valence-corrected chi connectivity index (χ0v) is 11.2.